The molecule has 8 nitrogen and oxygen atoms in total. The van der Waals surface area contributed by atoms with E-state index in [1.165, 1.54) is 12.8 Å². The summed E-state index contributed by atoms with van der Waals surface area (Å²) in [5.74, 6) is 0.671. The molecule has 0 bridgehead atoms. The van der Waals surface area contributed by atoms with Gasteiger partial charge in [-0.2, -0.15) is 10.1 Å². The Balaban J connectivity index is 1.46. The van der Waals surface area contributed by atoms with Crippen molar-refractivity contribution in [3.05, 3.63) is 66.4 Å². The highest BCUT2D eigenvalue weighted by Gasteiger charge is 2.19. The number of esters is 1. The summed E-state index contributed by atoms with van der Waals surface area (Å²) in [6.45, 7) is 3.49. The first kappa shape index (κ1) is 18.7. The van der Waals surface area contributed by atoms with Crippen LogP contribution in [0.5, 0.6) is 0 Å². The van der Waals surface area contributed by atoms with Crippen LogP contribution in [0.2, 0.25) is 0 Å². The molecule has 148 valence electrons. The van der Waals surface area contributed by atoms with E-state index in [-0.39, 0.29) is 0 Å². The molecule has 0 amide bonds. The van der Waals surface area contributed by atoms with Gasteiger partial charge < -0.3 is 19.9 Å². The highest BCUT2D eigenvalue weighted by molar-refractivity contribution is 5.96. The number of methoxy groups -OCH3 is 1. The zero-order valence-electron chi connectivity index (χ0n) is 16.2. The van der Waals surface area contributed by atoms with Gasteiger partial charge in [0.15, 0.2) is 5.82 Å². The summed E-state index contributed by atoms with van der Waals surface area (Å²) < 4.78 is 4.83. The summed E-state index contributed by atoms with van der Waals surface area (Å²) >= 11 is 0. The van der Waals surface area contributed by atoms with Crippen LogP contribution in [-0.2, 0) is 4.74 Å². The van der Waals surface area contributed by atoms with Crippen LogP contribution >= 0.6 is 0 Å². The summed E-state index contributed by atoms with van der Waals surface area (Å²) in [6.07, 6.45) is 1.66. The molecule has 0 saturated carbocycles. The summed E-state index contributed by atoms with van der Waals surface area (Å²) in [4.78, 5) is 21.1. The van der Waals surface area contributed by atoms with Crippen molar-refractivity contribution in [3.8, 4) is 0 Å². The fraction of sp³-hybridized carbons (Fsp3) is 0.238. The van der Waals surface area contributed by atoms with Gasteiger partial charge in [0.25, 0.3) is 0 Å². The van der Waals surface area contributed by atoms with Crippen molar-refractivity contribution in [3.63, 3.8) is 0 Å². The number of anilines is 4. The summed E-state index contributed by atoms with van der Waals surface area (Å²) in [5.41, 5.74) is 2.22. The summed E-state index contributed by atoms with van der Waals surface area (Å²) in [7, 11) is 1.35. The number of aromatic nitrogens is 3. The maximum Gasteiger partial charge on any atom is 0.339 e. The first-order valence-electron chi connectivity index (χ1n) is 9.43. The lowest BCUT2D eigenvalue weighted by atomic mass is 10.2. The molecule has 8 heteroatoms. The van der Waals surface area contributed by atoms with E-state index in [4.69, 9.17) is 4.74 Å². The minimum absolute atomic E-state index is 0.337. The number of nitrogens with one attached hydrogen (secondary N) is 1. The molecule has 1 aromatic heterocycles. The van der Waals surface area contributed by atoms with Crippen LogP contribution in [0.4, 0.5) is 23.1 Å². The van der Waals surface area contributed by atoms with Crippen LogP contribution in [-0.4, -0.2) is 54.4 Å². The van der Waals surface area contributed by atoms with Gasteiger partial charge in [-0.1, -0.05) is 30.3 Å². The van der Waals surface area contributed by atoms with E-state index in [1.54, 1.807) is 24.4 Å². The molecule has 2 aromatic carbocycles. The monoisotopic (exact) mass is 390 g/mol. The first-order chi connectivity index (χ1) is 14.2. The standard InChI is InChI=1S/C21H22N6O2/c1-29-20(28)17-9-5-6-10-18(17)23-21-24-19(15-22-25-21)27-13-11-26(12-14-27)16-7-3-2-4-8-16/h2-10,15H,11-14H2,1H3,(H,23,24,25). The molecule has 29 heavy (non-hydrogen) atoms. The highest BCUT2D eigenvalue weighted by Crippen LogP contribution is 2.22. The van der Waals surface area contributed by atoms with Gasteiger partial charge in [-0.05, 0) is 24.3 Å². The quantitative estimate of drug-likeness (QED) is 0.666. The number of hydrogen-bond donors (Lipinski definition) is 1. The predicted molar refractivity (Wildman–Crippen MR) is 112 cm³/mol. The van der Waals surface area contributed by atoms with E-state index in [0.29, 0.717) is 17.2 Å². The number of ether oxygens (including phenoxy) is 1. The van der Waals surface area contributed by atoms with Crippen LogP contribution in [0.25, 0.3) is 0 Å². The molecule has 0 spiro atoms. The Hall–Kier alpha value is -3.68. The Labute approximate surface area is 169 Å². The molecule has 1 N–H and O–H groups in total. The molecule has 1 fully saturated rings. The third kappa shape index (κ3) is 4.26. The molecule has 1 saturated heterocycles. The number of para-hydroxylation sites is 2. The second kappa shape index (κ2) is 8.55. The Morgan fingerprint density at radius 3 is 2.41 bits per heavy atom. The minimum atomic E-state index is -0.422. The Morgan fingerprint density at radius 2 is 1.66 bits per heavy atom. The second-order valence-corrected chi connectivity index (χ2v) is 6.61. The smallest absolute Gasteiger partial charge is 0.339 e. The van der Waals surface area contributed by atoms with Gasteiger partial charge in [-0.15, -0.1) is 5.10 Å². The molecular weight excluding hydrogens is 368 g/mol. The average molecular weight is 390 g/mol. The Kier molecular flexibility index (Phi) is 5.51. The van der Waals surface area contributed by atoms with Gasteiger partial charge in [-0.25, -0.2) is 4.79 Å². The fourth-order valence-corrected chi connectivity index (χ4v) is 3.33. The van der Waals surface area contributed by atoms with E-state index in [0.717, 1.165) is 32.0 Å². The Morgan fingerprint density at radius 1 is 0.966 bits per heavy atom. The van der Waals surface area contributed by atoms with Crippen LogP contribution in [0.3, 0.4) is 0 Å². The van der Waals surface area contributed by atoms with Crippen molar-refractivity contribution in [1.82, 2.24) is 15.2 Å². The predicted octanol–water partition coefficient (Wildman–Crippen LogP) is 2.73. The number of nitrogens with zero attached hydrogens (tertiary/aromatic N) is 5. The van der Waals surface area contributed by atoms with Gasteiger partial charge in [0.2, 0.25) is 5.95 Å². The minimum Gasteiger partial charge on any atom is -0.465 e. The van der Waals surface area contributed by atoms with Gasteiger partial charge >= 0.3 is 5.97 Å². The molecule has 2 heterocycles. The number of carbonyl (C=O) groups excluding carboxylic acids is 1. The molecular formula is C21H22N6O2. The van der Waals surface area contributed by atoms with Crippen molar-refractivity contribution in [2.75, 3.05) is 48.4 Å². The Bertz CT molecular complexity index is 974. The SMILES string of the molecule is COC(=O)c1ccccc1Nc1nncc(N2CCN(c3ccccc3)CC2)n1. The fourth-order valence-electron chi connectivity index (χ4n) is 3.33. The van der Waals surface area contributed by atoms with E-state index >= 15 is 0 Å². The summed E-state index contributed by atoms with van der Waals surface area (Å²) in [6, 6.07) is 17.5. The lowest BCUT2D eigenvalue weighted by Gasteiger charge is -2.36. The van der Waals surface area contributed by atoms with E-state index < -0.39 is 5.97 Å². The zero-order valence-corrected chi connectivity index (χ0v) is 16.2. The average Bonchev–Trinajstić information content (AvgIpc) is 2.80. The third-order valence-electron chi connectivity index (χ3n) is 4.85. The number of rotatable bonds is 5. The van der Waals surface area contributed by atoms with E-state index in [2.05, 4.69) is 54.6 Å². The highest BCUT2D eigenvalue weighted by atomic mass is 16.5. The van der Waals surface area contributed by atoms with Crippen molar-refractivity contribution in [1.29, 1.82) is 0 Å². The van der Waals surface area contributed by atoms with Crippen molar-refractivity contribution >= 4 is 29.1 Å². The normalized spacial score (nSPS) is 13.8. The number of benzene rings is 2. The molecule has 0 aliphatic carbocycles. The van der Waals surface area contributed by atoms with E-state index in [1.807, 2.05) is 12.1 Å². The lowest BCUT2D eigenvalue weighted by molar-refractivity contribution is 0.0602. The van der Waals surface area contributed by atoms with Gasteiger partial charge in [-0.3, -0.25) is 0 Å². The lowest BCUT2D eigenvalue weighted by Crippen LogP contribution is -2.46. The third-order valence-corrected chi connectivity index (χ3v) is 4.85. The molecule has 0 radical (unpaired) electrons. The topological polar surface area (TPSA) is 83.5 Å². The molecule has 1 aliphatic heterocycles. The van der Waals surface area contributed by atoms with Crippen LogP contribution in [0, 0.1) is 0 Å². The molecule has 3 aromatic rings. The molecule has 0 atom stereocenters. The first-order valence-corrected chi connectivity index (χ1v) is 9.43. The molecule has 1 aliphatic rings. The van der Waals surface area contributed by atoms with Crippen molar-refractivity contribution < 1.29 is 9.53 Å². The van der Waals surface area contributed by atoms with Crippen LogP contribution in [0.1, 0.15) is 10.4 Å². The van der Waals surface area contributed by atoms with E-state index in [9.17, 15) is 4.79 Å². The maximum atomic E-state index is 12.0. The largest absolute Gasteiger partial charge is 0.465 e. The van der Waals surface area contributed by atoms with Crippen molar-refractivity contribution in [2.45, 2.75) is 0 Å². The van der Waals surface area contributed by atoms with Gasteiger partial charge in [0.1, 0.15) is 0 Å². The molecule has 0 unspecified atom stereocenters. The van der Waals surface area contributed by atoms with Crippen LogP contribution in [0.15, 0.2) is 60.8 Å². The van der Waals surface area contributed by atoms with Gasteiger partial charge in [0, 0.05) is 31.9 Å². The zero-order chi connectivity index (χ0) is 20.1. The van der Waals surface area contributed by atoms with Crippen molar-refractivity contribution in [2.24, 2.45) is 0 Å². The summed E-state index contributed by atoms with van der Waals surface area (Å²) in [5, 5.41) is 11.2. The van der Waals surface area contributed by atoms with Crippen LogP contribution < -0.4 is 15.1 Å². The molecule has 4 rings (SSSR count). The number of piperazine rings is 1. The number of hydrogen-bond acceptors (Lipinski definition) is 8. The maximum absolute atomic E-state index is 12.0. The van der Waals surface area contributed by atoms with Gasteiger partial charge in [0.05, 0.1) is 24.6 Å². The number of carbonyl (C=O) groups is 1. The second-order valence-electron chi connectivity index (χ2n) is 6.61.